The van der Waals surface area contributed by atoms with Crippen LogP contribution in [0.4, 0.5) is 0 Å². The van der Waals surface area contributed by atoms with E-state index in [4.69, 9.17) is 15.1 Å². The summed E-state index contributed by atoms with van der Waals surface area (Å²) >= 11 is 1.43. The van der Waals surface area contributed by atoms with Gasteiger partial charge in [0, 0.05) is 9.75 Å². The molecule has 21 heavy (non-hydrogen) atoms. The maximum Gasteiger partial charge on any atom is 0.346 e. The second-order valence-corrected chi connectivity index (χ2v) is 5.25. The van der Waals surface area contributed by atoms with Gasteiger partial charge in [0.05, 0.1) is 6.61 Å². The molecule has 0 radical (unpaired) electrons. The fourth-order valence-corrected chi connectivity index (χ4v) is 2.71. The number of benzene rings is 1. The summed E-state index contributed by atoms with van der Waals surface area (Å²) in [5, 5.41) is 17.6. The van der Waals surface area contributed by atoms with Crippen LogP contribution in [-0.2, 0) is 4.79 Å². The highest BCUT2D eigenvalue weighted by Gasteiger charge is 2.08. The molecule has 0 saturated carbocycles. The lowest BCUT2D eigenvalue weighted by molar-refractivity contribution is -0.132. The smallest absolute Gasteiger partial charge is 0.346 e. The van der Waals surface area contributed by atoms with Gasteiger partial charge in [-0.3, -0.25) is 0 Å². The molecule has 1 aromatic carbocycles. The molecule has 0 aliphatic rings. The van der Waals surface area contributed by atoms with Crippen LogP contribution in [0.3, 0.4) is 0 Å². The molecule has 0 atom stereocenters. The lowest BCUT2D eigenvalue weighted by Gasteiger charge is -2.03. The van der Waals surface area contributed by atoms with Crippen molar-refractivity contribution < 1.29 is 14.6 Å². The van der Waals surface area contributed by atoms with Gasteiger partial charge in [-0.1, -0.05) is 0 Å². The molecule has 0 amide bonds. The summed E-state index contributed by atoms with van der Waals surface area (Å²) in [6.07, 6.45) is 1.38. The van der Waals surface area contributed by atoms with Gasteiger partial charge < -0.3 is 9.84 Å². The Balaban J connectivity index is 2.24. The molecular formula is C16H13NO3S. The minimum absolute atomic E-state index is 0.268. The molecule has 2 rings (SSSR count). The molecule has 1 heterocycles. The monoisotopic (exact) mass is 299 g/mol. The van der Waals surface area contributed by atoms with E-state index < -0.39 is 5.97 Å². The fourth-order valence-electron chi connectivity index (χ4n) is 1.75. The van der Waals surface area contributed by atoms with Crippen LogP contribution in [0.15, 0.2) is 42.0 Å². The van der Waals surface area contributed by atoms with Gasteiger partial charge >= 0.3 is 5.97 Å². The van der Waals surface area contributed by atoms with Crippen LogP contribution in [-0.4, -0.2) is 17.7 Å². The summed E-state index contributed by atoms with van der Waals surface area (Å²) in [7, 11) is 0. The van der Waals surface area contributed by atoms with Crippen LogP contribution < -0.4 is 4.74 Å². The van der Waals surface area contributed by atoms with E-state index in [0.717, 1.165) is 21.1 Å². The minimum Gasteiger partial charge on any atom is -0.494 e. The minimum atomic E-state index is -1.21. The van der Waals surface area contributed by atoms with Crippen molar-refractivity contribution in [3.63, 3.8) is 0 Å². The van der Waals surface area contributed by atoms with Crippen molar-refractivity contribution in [2.45, 2.75) is 6.92 Å². The summed E-state index contributed by atoms with van der Waals surface area (Å²) in [6, 6.07) is 13.1. The third-order valence-electron chi connectivity index (χ3n) is 2.71. The first-order chi connectivity index (χ1) is 10.1. The lowest BCUT2D eigenvalue weighted by Crippen LogP contribution is -1.96. The number of ether oxygens (including phenoxy) is 1. The number of aliphatic carboxylic acids is 1. The SMILES string of the molecule is CCOc1ccc(-c2ccc(/C=C(/C#N)C(=O)O)s2)cc1. The number of nitriles is 1. The molecule has 0 fully saturated rings. The number of nitrogens with zero attached hydrogens (tertiary/aromatic N) is 1. The molecule has 0 aliphatic carbocycles. The average molecular weight is 299 g/mol. The predicted molar refractivity (Wildman–Crippen MR) is 82.1 cm³/mol. The number of rotatable bonds is 5. The Morgan fingerprint density at radius 1 is 1.33 bits per heavy atom. The number of carboxylic acid groups (broad SMARTS) is 1. The van der Waals surface area contributed by atoms with Gasteiger partial charge in [0.1, 0.15) is 17.4 Å². The highest BCUT2D eigenvalue weighted by atomic mass is 32.1. The molecular weight excluding hydrogens is 286 g/mol. The zero-order chi connectivity index (χ0) is 15.2. The van der Waals surface area contributed by atoms with Gasteiger partial charge in [-0.15, -0.1) is 11.3 Å². The van der Waals surface area contributed by atoms with Gasteiger partial charge in [0.15, 0.2) is 0 Å². The number of thiophene rings is 1. The van der Waals surface area contributed by atoms with Gasteiger partial charge in [-0.25, -0.2) is 4.79 Å². The fraction of sp³-hybridized carbons (Fsp3) is 0.125. The molecule has 0 unspecified atom stereocenters. The Bertz CT molecular complexity index is 708. The van der Waals surface area contributed by atoms with E-state index in [2.05, 4.69) is 0 Å². The third-order valence-corrected chi connectivity index (χ3v) is 3.80. The molecule has 0 aliphatic heterocycles. The molecule has 0 bridgehead atoms. The Morgan fingerprint density at radius 2 is 2.05 bits per heavy atom. The average Bonchev–Trinajstić information content (AvgIpc) is 2.94. The van der Waals surface area contributed by atoms with E-state index in [1.807, 2.05) is 37.3 Å². The number of carbonyl (C=O) groups is 1. The molecule has 106 valence electrons. The lowest BCUT2D eigenvalue weighted by atomic mass is 10.2. The Labute approximate surface area is 126 Å². The summed E-state index contributed by atoms with van der Waals surface area (Å²) in [5.74, 6) is -0.399. The number of hydrogen-bond acceptors (Lipinski definition) is 4. The maximum atomic E-state index is 10.8. The summed E-state index contributed by atoms with van der Waals surface area (Å²) in [5.41, 5.74) is 0.757. The van der Waals surface area contributed by atoms with Gasteiger partial charge in [0.2, 0.25) is 0 Å². The van der Waals surface area contributed by atoms with Crippen LogP contribution in [0, 0.1) is 11.3 Å². The van der Waals surface area contributed by atoms with Crippen molar-refractivity contribution in [1.29, 1.82) is 5.26 Å². The van der Waals surface area contributed by atoms with E-state index in [1.54, 1.807) is 12.1 Å². The largest absolute Gasteiger partial charge is 0.494 e. The first-order valence-corrected chi connectivity index (χ1v) is 7.14. The standard InChI is InChI=1S/C16H13NO3S/c1-2-20-13-5-3-11(4-6-13)15-8-7-14(21-15)9-12(10-17)16(18)19/h3-9H,2H2,1H3,(H,18,19)/b12-9-. The molecule has 5 heteroatoms. The van der Waals surface area contributed by atoms with Crippen LogP contribution >= 0.6 is 11.3 Å². The van der Waals surface area contributed by atoms with Crippen molar-refractivity contribution in [2.75, 3.05) is 6.61 Å². The van der Waals surface area contributed by atoms with Crippen LogP contribution in [0.25, 0.3) is 16.5 Å². The maximum absolute atomic E-state index is 10.8. The second-order valence-electron chi connectivity index (χ2n) is 4.13. The summed E-state index contributed by atoms with van der Waals surface area (Å²) in [6.45, 7) is 2.56. The van der Waals surface area contributed by atoms with E-state index in [9.17, 15) is 4.79 Å². The zero-order valence-electron chi connectivity index (χ0n) is 11.4. The van der Waals surface area contributed by atoms with Crippen LogP contribution in [0.2, 0.25) is 0 Å². The third kappa shape index (κ3) is 3.71. The van der Waals surface area contributed by atoms with Crippen LogP contribution in [0.5, 0.6) is 5.75 Å². The van der Waals surface area contributed by atoms with E-state index in [0.29, 0.717) is 6.61 Å². The second kappa shape index (κ2) is 6.73. The first-order valence-electron chi connectivity index (χ1n) is 6.32. The molecule has 1 N–H and O–H groups in total. The van der Waals surface area contributed by atoms with Crippen molar-refractivity contribution in [2.24, 2.45) is 0 Å². The van der Waals surface area contributed by atoms with Crippen molar-refractivity contribution >= 4 is 23.4 Å². The molecule has 4 nitrogen and oxygen atoms in total. The van der Waals surface area contributed by atoms with E-state index >= 15 is 0 Å². The molecule has 2 aromatic rings. The summed E-state index contributed by atoms with van der Waals surface area (Å²) in [4.78, 5) is 12.6. The molecule has 0 saturated heterocycles. The topological polar surface area (TPSA) is 70.3 Å². The molecule has 0 spiro atoms. The predicted octanol–water partition coefficient (Wildman–Crippen LogP) is 3.81. The van der Waals surface area contributed by atoms with Gasteiger partial charge in [0.25, 0.3) is 0 Å². The highest BCUT2D eigenvalue weighted by molar-refractivity contribution is 7.16. The van der Waals surface area contributed by atoms with Crippen molar-refractivity contribution in [3.05, 3.63) is 46.8 Å². The Morgan fingerprint density at radius 3 is 2.62 bits per heavy atom. The summed E-state index contributed by atoms with van der Waals surface area (Å²) < 4.78 is 5.39. The normalized spacial score (nSPS) is 11.0. The van der Waals surface area contributed by atoms with Gasteiger partial charge in [-0.2, -0.15) is 5.26 Å². The quantitative estimate of drug-likeness (QED) is 0.673. The highest BCUT2D eigenvalue weighted by Crippen LogP contribution is 2.30. The zero-order valence-corrected chi connectivity index (χ0v) is 12.2. The Hall–Kier alpha value is -2.58. The molecule has 1 aromatic heterocycles. The Kier molecular flexibility index (Phi) is 4.75. The van der Waals surface area contributed by atoms with Crippen molar-refractivity contribution in [3.8, 4) is 22.3 Å². The van der Waals surface area contributed by atoms with Gasteiger partial charge in [-0.05, 0) is 55.0 Å². The number of hydrogen-bond donors (Lipinski definition) is 1. The van der Waals surface area contributed by atoms with Crippen molar-refractivity contribution in [1.82, 2.24) is 0 Å². The van der Waals surface area contributed by atoms with E-state index in [1.165, 1.54) is 17.4 Å². The number of carboxylic acids is 1. The van der Waals surface area contributed by atoms with Crippen LogP contribution in [0.1, 0.15) is 11.8 Å². The van der Waals surface area contributed by atoms with E-state index in [-0.39, 0.29) is 5.57 Å². The first kappa shape index (κ1) is 14.8.